The Hall–Kier alpha value is -0.730. The van der Waals surface area contributed by atoms with Gasteiger partial charge in [-0.05, 0) is 18.3 Å². The first kappa shape index (κ1) is 15.3. The van der Waals surface area contributed by atoms with E-state index >= 15 is 0 Å². The second kappa shape index (κ2) is 8.43. The van der Waals surface area contributed by atoms with Crippen LogP contribution < -0.4 is 0 Å². The average molecular weight is 229 g/mol. The van der Waals surface area contributed by atoms with Gasteiger partial charge < -0.3 is 9.64 Å². The number of nitrogens with zero attached hydrogens (tertiary/aromatic N) is 1. The molecule has 0 unspecified atom stereocenters. The van der Waals surface area contributed by atoms with E-state index in [1.807, 2.05) is 4.90 Å². The van der Waals surface area contributed by atoms with E-state index in [2.05, 4.69) is 27.7 Å². The zero-order valence-electron chi connectivity index (χ0n) is 11.5. The summed E-state index contributed by atoms with van der Waals surface area (Å²) in [7, 11) is 1.45. The summed E-state index contributed by atoms with van der Waals surface area (Å²) in [4.78, 5) is 13.3. The molecule has 1 amide bonds. The van der Waals surface area contributed by atoms with Crippen molar-refractivity contribution in [2.75, 3.05) is 20.2 Å². The van der Waals surface area contributed by atoms with Crippen LogP contribution >= 0.6 is 0 Å². The van der Waals surface area contributed by atoms with Crippen LogP contribution in [0.1, 0.15) is 47.0 Å². The summed E-state index contributed by atoms with van der Waals surface area (Å²) in [5.74, 6) is 1.24. The summed E-state index contributed by atoms with van der Waals surface area (Å²) in [5.41, 5.74) is 0. The molecule has 0 aliphatic rings. The van der Waals surface area contributed by atoms with Crippen LogP contribution in [-0.2, 0) is 4.74 Å². The van der Waals surface area contributed by atoms with Gasteiger partial charge in [0.2, 0.25) is 0 Å². The first-order chi connectivity index (χ1) is 7.47. The molecule has 16 heavy (non-hydrogen) atoms. The lowest BCUT2D eigenvalue weighted by Crippen LogP contribution is -2.34. The predicted molar refractivity (Wildman–Crippen MR) is 67.5 cm³/mol. The molecule has 0 aromatic carbocycles. The van der Waals surface area contributed by atoms with Crippen LogP contribution in [-0.4, -0.2) is 31.2 Å². The summed E-state index contributed by atoms with van der Waals surface area (Å²) in [5, 5.41) is 0. The maximum atomic E-state index is 11.5. The summed E-state index contributed by atoms with van der Waals surface area (Å²) >= 11 is 0. The van der Waals surface area contributed by atoms with Gasteiger partial charge in [0.05, 0.1) is 7.11 Å². The summed E-state index contributed by atoms with van der Waals surface area (Å²) in [6.45, 7) is 10.3. The Morgan fingerprint density at radius 2 is 1.75 bits per heavy atom. The molecule has 0 heterocycles. The van der Waals surface area contributed by atoms with Crippen LogP contribution in [0.3, 0.4) is 0 Å². The number of hydrogen-bond donors (Lipinski definition) is 0. The fraction of sp³-hybridized carbons (Fsp3) is 0.923. The number of amides is 1. The van der Waals surface area contributed by atoms with E-state index in [-0.39, 0.29) is 6.09 Å². The van der Waals surface area contributed by atoms with E-state index in [0.717, 1.165) is 25.4 Å². The van der Waals surface area contributed by atoms with Crippen LogP contribution in [0.2, 0.25) is 0 Å². The molecule has 0 saturated heterocycles. The third-order valence-corrected chi connectivity index (χ3v) is 2.48. The van der Waals surface area contributed by atoms with Crippen molar-refractivity contribution in [2.45, 2.75) is 47.0 Å². The maximum absolute atomic E-state index is 11.5. The SMILES string of the molecule is COC(=O)N(CCCCC(C)C)CC(C)C. The van der Waals surface area contributed by atoms with Crippen LogP contribution in [0.15, 0.2) is 0 Å². The topological polar surface area (TPSA) is 29.5 Å². The van der Waals surface area contributed by atoms with E-state index in [1.54, 1.807) is 0 Å². The second-order valence-corrected chi connectivity index (χ2v) is 5.20. The average Bonchev–Trinajstić information content (AvgIpc) is 2.20. The molecular weight excluding hydrogens is 202 g/mol. The van der Waals surface area contributed by atoms with Gasteiger partial charge in [-0.3, -0.25) is 0 Å². The molecule has 0 aliphatic carbocycles. The Morgan fingerprint density at radius 3 is 2.19 bits per heavy atom. The number of rotatable bonds is 7. The fourth-order valence-electron chi connectivity index (χ4n) is 1.68. The van der Waals surface area contributed by atoms with E-state index in [9.17, 15) is 4.79 Å². The minimum absolute atomic E-state index is 0.196. The Labute approximate surface area is 100 Å². The normalized spacial score (nSPS) is 10.9. The summed E-state index contributed by atoms with van der Waals surface area (Å²) < 4.78 is 4.78. The Morgan fingerprint density at radius 1 is 1.12 bits per heavy atom. The van der Waals surface area contributed by atoms with Crippen LogP contribution in [0.5, 0.6) is 0 Å². The summed E-state index contributed by atoms with van der Waals surface area (Å²) in [6.07, 6.45) is 3.29. The molecule has 3 heteroatoms. The zero-order chi connectivity index (χ0) is 12.6. The third-order valence-electron chi connectivity index (χ3n) is 2.48. The monoisotopic (exact) mass is 229 g/mol. The largest absolute Gasteiger partial charge is 0.453 e. The van der Waals surface area contributed by atoms with Gasteiger partial charge in [0.15, 0.2) is 0 Å². The van der Waals surface area contributed by atoms with Crippen LogP contribution in [0.25, 0.3) is 0 Å². The van der Waals surface area contributed by atoms with Gasteiger partial charge in [0.25, 0.3) is 0 Å². The molecule has 0 aromatic heterocycles. The molecule has 0 N–H and O–H groups in total. The Bertz CT molecular complexity index is 190. The lowest BCUT2D eigenvalue weighted by Gasteiger charge is -2.23. The lowest BCUT2D eigenvalue weighted by molar-refractivity contribution is 0.117. The number of methoxy groups -OCH3 is 1. The molecule has 0 aliphatic heterocycles. The second-order valence-electron chi connectivity index (χ2n) is 5.20. The van der Waals surface area contributed by atoms with Gasteiger partial charge in [-0.1, -0.05) is 40.5 Å². The molecule has 3 nitrogen and oxygen atoms in total. The number of unbranched alkanes of at least 4 members (excludes halogenated alkanes) is 1. The van der Waals surface area contributed by atoms with Crippen molar-refractivity contribution in [3.8, 4) is 0 Å². The van der Waals surface area contributed by atoms with Gasteiger partial charge in [0, 0.05) is 13.1 Å². The highest BCUT2D eigenvalue weighted by molar-refractivity contribution is 5.67. The highest BCUT2D eigenvalue weighted by Crippen LogP contribution is 2.09. The third kappa shape index (κ3) is 7.55. The van der Waals surface area contributed by atoms with Crippen molar-refractivity contribution >= 4 is 6.09 Å². The number of carbonyl (C=O) groups excluding carboxylic acids is 1. The highest BCUT2D eigenvalue weighted by atomic mass is 16.5. The van der Waals surface area contributed by atoms with Gasteiger partial charge in [-0.2, -0.15) is 0 Å². The Kier molecular flexibility index (Phi) is 8.04. The van der Waals surface area contributed by atoms with Crippen molar-refractivity contribution in [3.05, 3.63) is 0 Å². The van der Waals surface area contributed by atoms with Crippen molar-refractivity contribution < 1.29 is 9.53 Å². The van der Waals surface area contributed by atoms with Crippen molar-refractivity contribution in [1.82, 2.24) is 4.90 Å². The molecule has 0 saturated carbocycles. The minimum atomic E-state index is -0.196. The Balaban J connectivity index is 3.88. The van der Waals surface area contributed by atoms with Gasteiger partial charge in [-0.25, -0.2) is 4.79 Å². The number of hydrogen-bond acceptors (Lipinski definition) is 2. The zero-order valence-corrected chi connectivity index (χ0v) is 11.5. The van der Waals surface area contributed by atoms with E-state index in [0.29, 0.717) is 5.92 Å². The number of ether oxygens (including phenoxy) is 1. The lowest BCUT2D eigenvalue weighted by atomic mass is 10.1. The molecule has 0 bridgehead atoms. The fourth-order valence-corrected chi connectivity index (χ4v) is 1.68. The van der Waals surface area contributed by atoms with Crippen LogP contribution in [0, 0.1) is 11.8 Å². The molecular formula is C13H27NO2. The van der Waals surface area contributed by atoms with E-state index in [4.69, 9.17) is 4.74 Å². The van der Waals surface area contributed by atoms with Crippen LogP contribution in [0.4, 0.5) is 4.79 Å². The molecule has 0 radical (unpaired) electrons. The van der Waals surface area contributed by atoms with Gasteiger partial charge in [-0.15, -0.1) is 0 Å². The molecule has 0 fully saturated rings. The highest BCUT2D eigenvalue weighted by Gasteiger charge is 2.14. The summed E-state index contributed by atoms with van der Waals surface area (Å²) in [6, 6.07) is 0. The molecule has 0 atom stereocenters. The molecule has 0 spiro atoms. The maximum Gasteiger partial charge on any atom is 0.409 e. The van der Waals surface area contributed by atoms with Crippen molar-refractivity contribution in [1.29, 1.82) is 0 Å². The van der Waals surface area contributed by atoms with Gasteiger partial charge >= 0.3 is 6.09 Å². The first-order valence-electron chi connectivity index (χ1n) is 6.30. The quantitative estimate of drug-likeness (QED) is 0.625. The van der Waals surface area contributed by atoms with Crippen molar-refractivity contribution in [2.24, 2.45) is 11.8 Å². The standard InChI is InChI=1S/C13H27NO2/c1-11(2)8-6-7-9-14(10-12(3)4)13(15)16-5/h11-12H,6-10H2,1-5H3. The first-order valence-corrected chi connectivity index (χ1v) is 6.30. The molecule has 96 valence electrons. The smallest absolute Gasteiger partial charge is 0.409 e. The predicted octanol–water partition coefficient (Wildman–Crippen LogP) is 3.54. The van der Waals surface area contributed by atoms with E-state index < -0.39 is 0 Å². The van der Waals surface area contributed by atoms with Crippen molar-refractivity contribution in [3.63, 3.8) is 0 Å². The molecule has 0 rings (SSSR count). The van der Waals surface area contributed by atoms with Gasteiger partial charge in [0.1, 0.15) is 0 Å². The molecule has 0 aromatic rings. The minimum Gasteiger partial charge on any atom is -0.453 e. The van der Waals surface area contributed by atoms with E-state index in [1.165, 1.54) is 20.0 Å². The number of carbonyl (C=O) groups is 1.